The third-order valence-corrected chi connectivity index (χ3v) is 2.72. The van der Waals surface area contributed by atoms with Crippen molar-refractivity contribution in [2.45, 2.75) is 32.1 Å². The van der Waals surface area contributed by atoms with E-state index in [4.69, 9.17) is 0 Å². The topological polar surface area (TPSA) is 12.0 Å². The van der Waals surface area contributed by atoms with Crippen molar-refractivity contribution in [3.63, 3.8) is 0 Å². The van der Waals surface area contributed by atoms with E-state index in [0.717, 1.165) is 16.7 Å². The molecular weight excluding hydrogens is 203 g/mol. The average Bonchev–Trinajstić information content (AvgIpc) is 2.15. The van der Waals surface area contributed by atoms with Crippen LogP contribution in [0.1, 0.15) is 16.7 Å². The van der Waals surface area contributed by atoms with Gasteiger partial charge < -0.3 is 5.32 Å². The molecule has 1 heterocycles. The standard InChI is InChI=1S/C11H12F3N/c1-7-2-3-8-6-15-10(11(12,13)14)5-9(8)4-7/h2-4,10,15H,5-6H2,1H3. The van der Waals surface area contributed by atoms with Crippen LogP contribution in [-0.4, -0.2) is 12.2 Å². The monoisotopic (exact) mass is 215 g/mol. The van der Waals surface area contributed by atoms with E-state index in [1.54, 1.807) is 0 Å². The Morgan fingerprint density at radius 3 is 2.67 bits per heavy atom. The molecule has 4 heteroatoms. The summed E-state index contributed by atoms with van der Waals surface area (Å²) in [6, 6.07) is 4.26. The first-order valence-electron chi connectivity index (χ1n) is 4.85. The Labute approximate surface area is 86.3 Å². The summed E-state index contributed by atoms with van der Waals surface area (Å²) in [5.41, 5.74) is 2.80. The molecule has 1 unspecified atom stereocenters. The second-order valence-corrected chi connectivity index (χ2v) is 3.95. The van der Waals surface area contributed by atoms with Gasteiger partial charge in [-0.3, -0.25) is 0 Å². The molecule has 0 radical (unpaired) electrons. The Kier molecular flexibility index (Phi) is 2.46. The fraction of sp³-hybridized carbons (Fsp3) is 0.455. The van der Waals surface area contributed by atoms with E-state index >= 15 is 0 Å². The van der Waals surface area contributed by atoms with Crippen LogP contribution in [0.15, 0.2) is 18.2 Å². The smallest absolute Gasteiger partial charge is 0.302 e. The minimum Gasteiger partial charge on any atom is -0.302 e. The van der Waals surface area contributed by atoms with Crippen molar-refractivity contribution in [1.82, 2.24) is 5.32 Å². The third-order valence-electron chi connectivity index (χ3n) is 2.72. The van der Waals surface area contributed by atoms with Crippen LogP contribution in [-0.2, 0) is 13.0 Å². The van der Waals surface area contributed by atoms with E-state index < -0.39 is 12.2 Å². The van der Waals surface area contributed by atoms with Gasteiger partial charge in [-0.25, -0.2) is 0 Å². The number of aryl methyl sites for hydroxylation is 1. The van der Waals surface area contributed by atoms with Crippen LogP contribution in [0.2, 0.25) is 0 Å². The number of benzene rings is 1. The minimum absolute atomic E-state index is 0.0422. The summed E-state index contributed by atoms with van der Waals surface area (Å²) in [4.78, 5) is 0. The number of halogens is 3. The molecule has 0 amide bonds. The highest BCUT2D eigenvalue weighted by molar-refractivity contribution is 5.34. The van der Waals surface area contributed by atoms with Crippen molar-refractivity contribution in [3.05, 3.63) is 34.9 Å². The number of alkyl halides is 3. The minimum atomic E-state index is -4.15. The second kappa shape index (κ2) is 3.52. The number of hydrogen-bond acceptors (Lipinski definition) is 1. The third kappa shape index (κ3) is 2.15. The lowest BCUT2D eigenvalue weighted by molar-refractivity contribution is -0.157. The maximum atomic E-state index is 12.5. The molecule has 0 spiro atoms. The van der Waals surface area contributed by atoms with Gasteiger partial charge in [0.15, 0.2) is 0 Å². The van der Waals surface area contributed by atoms with Gasteiger partial charge in [-0.2, -0.15) is 13.2 Å². The fourth-order valence-corrected chi connectivity index (χ4v) is 1.87. The number of rotatable bonds is 0. The van der Waals surface area contributed by atoms with Crippen molar-refractivity contribution >= 4 is 0 Å². The lowest BCUT2D eigenvalue weighted by Crippen LogP contribution is -2.46. The van der Waals surface area contributed by atoms with Gasteiger partial charge in [-0.05, 0) is 24.5 Å². The molecule has 1 aliphatic heterocycles. The molecule has 1 aromatic rings. The summed E-state index contributed by atoms with van der Waals surface area (Å²) in [7, 11) is 0. The molecule has 15 heavy (non-hydrogen) atoms. The molecule has 1 aromatic carbocycles. The van der Waals surface area contributed by atoms with Gasteiger partial charge >= 0.3 is 6.18 Å². The molecule has 1 aliphatic rings. The largest absolute Gasteiger partial charge is 0.404 e. The number of fused-ring (bicyclic) bond motifs is 1. The first-order valence-corrected chi connectivity index (χ1v) is 4.85. The van der Waals surface area contributed by atoms with Crippen LogP contribution in [0.25, 0.3) is 0 Å². The molecule has 1 N–H and O–H groups in total. The zero-order valence-electron chi connectivity index (χ0n) is 8.36. The normalized spacial score (nSPS) is 21.2. The van der Waals surface area contributed by atoms with Gasteiger partial charge in [-0.15, -0.1) is 0 Å². The molecule has 0 fully saturated rings. The van der Waals surface area contributed by atoms with Crippen LogP contribution in [0, 0.1) is 6.92 Å². The van der Waals surface area contributed by atoms with Crippen LogP contribution < -0.4 is 5.32 Å². The molecule has 0 bridgehead atoms. The van der Waals surface area contributed by atoms with Gasteiger partial charge in [0, 0.05) is 6.54 Å². The zero-order valence-corrected chi connectivity index (χ0v) is 8.36. The predicted molar refractivity (Wildman–Crippen MR) is 51.6 cm³/mol. The first-order chi connectivity index (χ1) is 6.97. The summed E-state index contributed by atoms with van der Waals surface area (Å²) in [6.45, 7) is 2.20. The predicted octanol–water partition coefficient (Wildman–Crippen LogP) is 2.57. The van der Waals surface area contributed by atoms with E-state index in [9.17, 15) is 13.2 Å². The Morgan fingerprint density at radius 2 is 2.00 bits per heavy atom. The van der Waals surface area contributed by atoms with Crippen molar-refractivity contribution in [3.8, 4) is 0 Å². The molecule has 1 nitrogen and oxygen atoms in total. The van der Waals surface area contributed by atoms with E-state index in [1.807, 2.05) is 25.1 Å². The van der Waals surface area contributed by atoms with Crippen molar-refractivity contribution in [2.24, 2.45) is 0 Å². The zero-order chi connectivity index (χ0) is 11.1. The lowest BCUT2D eigenvalue weighted by Gasteiger charge is -2.28. The molecule has 0 aliphatic carbocycles. The summed E-state index contributed by atoms with van der Waals surface area (Å²) >= 11 is 0. The highest BCUT2D eigenvalue weighted by Crippen LogP contribution is 2.28. The summed E-state index contributed by atoms with van der Waals surface area (Å²) in [5, 5.41) is 2.51. The molecule has 82 valence electrons. The van der Waals surface area contributed by atoms with Gasteiger partial charge in [0.05, 0.1) is 0 Å². The van der Waals surface area contributed by atoms with E-state index in [2.05, 4.69) is 5.32 Å². The fourth-order valence-electron chi connectivity index (χ4n) is 1.87. The number of hydrogen-bond donors (Lipinski definition) is 1. The van der Waals surface area contributed by atoms with E-state index in [-0.39, 0.29) is 6.42 Å². The van der Waals surface area contributed by atoms with Crippen LogP contribution in [0.4, 0.5) is 13.2 Å². The molecule has 0 saturated carbocycles. The van der Waals surface area contributed by atoms with Crippen LogP contribution >= 0.6 is 0 Å². The van der Waals surface area contributed by atoms with Gasteiger partial charge in [0.2, 0.25) is 0 Å². The highest BCUT2D eigenvalue weighted by atomic mass is 19.4. The lowest BCUT2D eigenvalue weighted by atomic mass is 9.94. The van der Waals surface area contributed by atoms with Crippen molar-refractivity contribution < 1.29 is 13.2 Å². The molecule has 1 atom stereocenters. The molecule has 2 rings (SSSR count). The van der Waals surface area contributed by atoms with Crippen molar-refractivity contribution in [2.75, 3.05) is 0 Å². The summed E-state index contributed by atoms with van der Waals surface area (Å²) < 4.78 is 37.4. The van der Waals surface area contributed by atoms with E-state index in [0.29, 0.717) is 6.54 Å². The molecule has 0 aromatic heterocycles. The Balaban J connectivity index is 2.26. The summed E-state index contributed by atoms with van der Waals surface area (Å²) in [5.74, 6) is 0. The Bertz CT molecular complexity index is 371. The molecular formula is C11H12F3N. The summed E-state index contributed by atoms with van der Waals surface area (Å²) in [6.07, 6.45) is -4.11. The Hall–Kier alpha value is -1.03. The highest BCUT2D eigenvalue weighted by Gasteiger charge is 2.41. The second-order valence-electron chi connectivity index (χ2n) is 3.95. The van der Waals surface area contributed by atoms with Gasteiger partial charge in [0.1, 0.15) is 6.04 Å². The van der Waals surface area contributed by atoms with Gasteiger partial charge in [-0.1, -0.05) is 23.8 Å². The van der Waals surface area contributed by atoms with Gasteiger partial charge in [0.25, 0.3) is 0 Å². The maximum absolute atomic E-state index is 12.5. The quantitative estimate of drug-likeness (QED) is 0.701. The van der Waals surface area contributed by atoms with Crippen LogP contribution in [0.3, 0.4) is 0 Å². The van der Waals surface area contributed by atoms with Crippen LogP contribution in [0.5, 0.6) is 0 Å². The Morgan fingerprint density at radius 1 is 1.27 bits per heavy atom. The first kappa shape index (κ1) is 10.5. The average molecular weight is 215 g/mol. The van der Waals surface area contributed by atoms with E-state index in [1.165, 1.54) is 0 Å². The number of nitrogens with one attached hydrogen (secondary N) is 1. The maximum Gasteiger partial charge on any atom is 0.404 e. The van der Waals surface area contributed by atoms with Crippen molar-refractivity contribution in [1.29, 1.82) is 0 Å². The molecule has 0 saturated heterocycles. The SMILES string of the molecule is Cc1ccc2c(c1)CC(C(F)(F)F)NC2.